The van der Waals surface area contributed by atoms with Crippen molar-refractivity contribution >= 4 is 11.8 Å². The highest BCUT2D eigenvalue weighted by Crippen LogP contribution is 2.33. The molecule has 2 heterocycles. The van der Waals surface area contributed by atoms with E-state index in [4.69, 9.17) is 0 Å². The van der Waals surface area contributed by atoms with Crippen molar-refractivity contribution < 1.29 is 9.59 Å². The molecule has 1 aromatic rings. The first-order valence-corrected chi connectivity index (χ1v) is 10.4. The first-order valence-electron chi connectivity index (χ1n) is 10.4. The lowest BCUT2D eigenvalue weighted by Crippen LogP contribution is -2.58. The van der Waals surface area contributed by atoms with Crippen LogP contribution in [0.4, 0.5) is 0 Å². The Labute approximate surface area is 161 Å². The van der Waals surface area contributed by atoms with Gasteiger partial charge in [0.15, 0.2) is 0 Å². The van der Waals surface area contributed by atoms with Crippen LogP contribution in [-0.4, -0.2) is 58.8 Å². The van der Waals surface area contributed by atoms with E-state index in [-0.39, 0.29) is 17.9 Å². The number of aromatic nitrogens is 1. The summed E-state index contributed by atoms with van der Waals surface area (Å²) in [6.07, 6.45) is 8.56. The molecule has 2 saturated carbocycles. The molecule has 2 aliphatic carbocycles. The molecule has 27 heavy (non-hydrogen) atoms. The van der Waals surface area contributed by atoms with Crippen molar-refractivity contribution in [1.29, 1.82) is 0 Å². The maximum atomic E-state index is 13.1. The van der Waals surface area contributed by atoms with Crippen LogP contribution < -0.4 is 5.32 Å². The lowest BCUT2D eigenvalue weighted by Gasteiger charge is -2.40. The Balaban J connectivity index is 1.37. The van der Waals surface area contributed by atoms with E-state index in [1.54, 1.807) is 6.20 Å². The van der Waals surface area contributed by atoms with Crippen LogP contribution in [0.3, 0.4) is 0 Å². The summed E-state index contributed by atoms with van der Waals surface area (Å²) < 4.78 is 0. The summed E-state index contributed by atoms with van der Waals surface area (Å²) in [5.74, 6) is 1.16. The maximum absolute atomic E-state index is 13.1. The van der Waals surface area contributed by atoms with Crippen LogP contribution in [0, 0.1) is 11.8 Å². The van der Waals surface area contributed by atoms with Gasteiger partial charge in [0, 0.05) is 38.3 Å². The summed E-state index contributed by atoms with van der Waals surface area (Å²) in [7, 11) is 0. The van der Waals surface area contributed by atoms with Crippen molar-refractivity contribution in [3.63, 3.8) is 0 Å². The quantitative estimate of drug-likeness (QED) is 0.829. The van der Waals surface area contributed by atoms with Gasteiger partial charge in [0.1, 0.15) is 0 Å². The molecule has 2 amide bonds. The second kappa shape index (κ2) is 8.38. The first kappa shape index (κ1) is 18.4. The molecule has 3 fully saturated rings. The van der Waals surface area contributed by atoms with E-state index in [0.29, 0.717) is 18.4 Å². The molecule has 3 aliphatic rings. The Morgan fingerprint density at radius 2 is 1.81 bits per heavy atom. The number of carbonyl (C=O) groups is 2. The number of carbonyl (C=O) groups excluding carboxylic acids is 2. The number of piperazine rings is 1. The third-order valence-corrected chi connectivity index (χ3v) is 6.23. The molecule has 6 nitrogen and oxygen atoms in total. The highest BCUT2D eigenvalue weighted by atomic mass is 16.2. The van der Waals surface area contributed by atoms with Gasteiger partial charge in [0.2, 0.25) is 11.8 Å². The van der Waals surface area contributed by atoms with Gasteiger partial charge < -0.3 is 10.2 Å². The summed E-state index contributed by atoms with van der Waals surface area (Å²) >= 11 is 0. The second-order valence-electron chi connectivity index (χ2n) is 8.16. The molecule has 0 spiro atoms. The normalized spacial score (nSPS) is 22.6. The first-order chi connectivity index (χ1) is 13.2. The van der Waals surface area contributed by atoms with Crippen molar-refractivity contribution in [1.82, 2.24) is 20.1 Å². The average Bonchev–Trinajstić information content (AvgIpc) is 3.43. The smallest absolute Gasteiger partial charge is 0.237 e. The van der Waals surface area contributed by atoms with Crippen molar-refractivity contribution in [3.8, 4) is 0 Å². The molecule has 4 rings (SSSR count). The molecule has 1 saturated heterocycles. The van der Waals surface area contributed by atoms with Gasteiger partial charge in [-0.2, -0.15) is 0 Å². The van der Waals surface area contributed by atoms with E-state index in [2.05, 4.69) is 15.2 Å². The number of hydrogen-bond donors (Lipinski definition) is 1. The summed E-state index contributed by atoms with van der Waals surface area (Å²) in [6.45, 7) is 3.59. The van der Waals surface area contributed by atoms with Gasteiger partial charge in [-0.1, -0.05) is 18.9 Å². The third kappa shape index (κ3) is 4.49. The van der Waals surface area contributed by atoms with Gasteiger partial charge in [-0.3, -0.25) is 19.5 Å². The van der Waals surface area contributed by atoms with E-state index in [1.165, 1.54) is 12.8 Å². The zero-order chi connectivity index (χ0) is 18.6. The molecule has 0 radical (unpaired) electrons. The Morgan fingerprint density at radius 1 is 1.07 bits per heavy atom. The summed E-state index contributed by atoms with van der Waals surface area (Å²) in [5.41, 5.74) is 0.885. The number of pyridine rings is 1. The summed E-state index contributed by atoms with van der Waals surface area (Å²) in [5, 5.41) is 3.11. The predicted molar refractivity (Wildman–Crippen MR) is 103 cm³/mol. The average molecular weight is 370 g/mol. The van der Waals surface area contributed by atoms with E-state index in [0.717, 1.165) is 57.6 Å². The highest BCUT2D eigenvalue weighted by Gasteiger charge is 2.39. The topological polar surface area (TPSA) is 65.5 Å². The second-order valence-corrected chi connectivity index (χ2v) is 8.16. The molecule has 1 atom stereocenters. The SMILES string of the molecule is O=C(NCc1ccccn1)C(C1CCCC1)N1CCN(C(=O)C2CC2)CC1. The molecule has 0 aromatic carbocycles. The van der Waals surface area contributed by atoms with Crippen LogP contribution in [0.5, 0.6) is 0 Å². The van der Waals surface area contributed by atoms with Crippen LogP contribution in [0.2, 0.25) is 0 Å². The Morgan fingerprint density at radius 3 is 2.44 bits per heavy atom. The third-order valence-electron chi connectivity index (χ3n) is 6.23. The number of rotatable bonds is 6. The van der Waals surface area contributed by atoms with Crippen LogP contribution in [0.1, 0.15) is 44.2 Å². The van der Waals surface area contributed by atoms with Gasteiger partial charge in [0.25, 0.3) is 0 Å². The van der Waals surface area contributed by atoms with E-state index < -0.39 is 0 Å². The van der Waals surface area contributed by atoms with Crippen LogP contribution >= 0.6 is 0 Å². The minimum atomic E-state index is -0.0746. The molecule has 1 N–H and O–H groups in total. The molecule has 6 heteroatoms. The van der Waals surface area contributed by atoms with Gasteiger partial charge in [0.05, 0.1) is 18.3 Å². The highest BCUT2D eigenvalue weighted by molar-refractivity contribution is 5.82. The summed E-state index contributed by atoms with van der Waals surface area (Å²) in [4.78, 5) is 34.0. The summed E-state index contributed by atoms with van der Waals surface area (Å²) in [6, 6.07) is 5.69. The van der Waals surface area contributed by atoms with Gasteiger partial charge in [-0.15, -0.1) is 0 Å². The molecular formula is C21H30N4O2. The van der Waals surface area contributed by atoms with E-state index in [1.807, 2.05) is 23.1 Å². The fourth-order valence-electron chi connectivity index (χ4n) is 4.55. The number of amides is 2. The van der Waals surface area contributed by atoms with Crippen molar-refractivity contribution in [3.05, 3.63) is 30.1 Å². The molecule has 1 unspecified atom stereocenters. The van der Waals surface area contributed by atoms with Crippen molar-refractivity contribution in [2.75, 3.05) is 26.2 Å². The standard InChI is InChI=1S/C21H30N4O2/c26-20(23-15-18-7-3-4-10-22-18)19(16-5-1-2-6-16)24-11-13-25(14-12-24)21(27)17-8-9-17/h3-4,7,10,16-17,19H,1-2,5-6,8-9,11-15H2,(H,23,26). The van der Waals surface area contributed by atoms with E-state index >= 15 is 0 Å². The fourth-order valence-corrected chi connectivity index (χ4v) is 4.55. The van der Waals surface area contributed by atoms with Gasteiger partial charge in [-0.25, -0.2) is 0 Å². The number of nitrogens with one attached hydrogen (secondary N) is 1. The lowest BCUT2D eigenvalue weighted by atomic mass is 9.95. The molecule has 146 valence electrons. The fraction of sp³-hybridized carbons (Fsp3) is 0.667. The molecule has 0 bridgehead atoms. The Kier molecular flexibility index (Phi) is 5.72. The molecular weight excluding hydrogens is 340 g/mol. The zero-order valence-corrected chi connectivity index (χ0v) is 16.0. The number of nitrogens with zero attached hydrogens (tertiary/aromatic N) is 3. The van der Waals surface area contributed by atoms with Crippen molar-refractivity contribution in [2.24, 2.45) is 11.8 Å². The van der Waals surface area contributed by atoms with Crippen LogP contribution in [0.15, 0.2) is 24.4 Å². The lowest BCUT2D eigenvalue weighted by molar-refractivity contribution is -0.136. The van der Waals surface area contributed by atoms with Gasteiger partial charge >= 0.3 is 0 Å². The maximum Gasteiger partial charge on any atom is 0.237 e. The van der Waals surface area contributed by atoms with Crippen LogP contribution in [0.25, 0.3) is 0 Å². The van der Waals surface area contributed by atoms with Crippen LogP contribution in [-0.2, 0) is 16.1 Å². The van der Waals surface area contributed by atoms with Crippen molar-refractivity contribution in [2.45, 2.75) is 51.1 Å². The minimum Gasteiger partial charge on any atom is -0.349 e. The largest absolute Gasteiger partial charge is 0.349 e. The Hall–Kier alpha value is -1.95. The van der Waals surface area contributed by atoms with E-state index in [9.17, 15) is 9.59 Å². The molecule has 1 aromatic heterocycles. The molecule has 1 aliphatic heterocycles. The zero-order valence-electron chi connectivity index (χ0n) is 16.0. The monoisotopic (exact) mass is 370 g/mol. The minimum absolute atomic E-state index is 0.0746. The number of hydrogen-bond acceptors (Lipinski definition) is 4. The predicted octanol–water partition coefficient (Wildman–Crippen LogP) is 1.81. The van der Waals surface area contributed by atoms with Gasteiger partial charge in [-0.05, 0) is 43.7 Å². The Bertz CT molecular complexity index is 647.